The fraction of sp³-hybridized carbons (Fsp3) is 1.00. The highest BCUT2D eigenvalue weighted by atomic mass is 16.3. The van der Waals surface area contributed by atoms with Gasteiger partial charge in [-0.05, 0) is 25.2 Å². The van der Waals surface area contributed by atoms with Gasteiger partial charge in [0, 0.05) is 0 Å². The van der Waals surface area contributed by atoms with E-state index in [4.69, 9.17) is 0 Å². The van der Waals surface area contributed by atoms with Gasteiger partial charge in [-0.25, -0.2) is 0 Å². The van der Waals surface area contributed by atoms with Crippen LogP contribution in [0.5, 0.6) is 0 Å². The van der Waals surface area contributed by atoms with E-state index in [1.807, 2.05) is 13.8 Å². The fourth-order valence-electron chi connectivity index (χ4n) is 1.67. The van der Waals surface area contributed by atoms with Gasteiger partial charge in [0.15, 0.2) is 0 Å². The molecule has 2 heteroatoms. The van der Waals surface area contributed by atoms with Gasteiger partial charge in [0.05, 0.1) is 11.7 Å². The number of hydrogen-bond acceptors (Lipinski definition) is 2. The normalized spacial score (nSPS) is 41.1. The van der Waals surface area contributed by atoms with Crippen molar-refractivity contribution in [1.82, 2.24) is 0 Å². The molecule has 2 atom stereocenters. The smallest absolute Gasteiger partial charge is 0.0928 e. The fourth-order valence-corrected chi connectivity index (χ4v) is 1.67. The maximum absolute atomic E-state index is 9.79. The largest absolute Gasteiger partial charge is 0.390 e. The van der Waals surface area contributed by atoms with Crippen molar-refractivity contribution in [2.45, 2.75) is 44.8 Å². The average molecular weight is 144 g/mol. The third-order valence-electron chi connectivity index (χ3n) is 2.63. The monoisotopic (exact) mass is 144 g/mol. The highest BCUT2D eigenvalue weighted by Crippen LogP contribution is 2.35. The summed E-state index contributed by atoms with van der Waals surface area (Å²) in [5.74, 6) is 0.171. The maximum atomic E-state index is 9.79. The van der Waals surface area contributed by atoms with Crippen molar-refractivity contribution in [3.8, 4) is 0 Å². The third kappa shape index (κ3) is 1.06. The van der Waals surface area contributed by atoms with Crippen LogP contribution in [0.15, 0.2) is 0 Å². The molecule has 0 amide bonds. The Labute approximate surface area is 61.9 Å². The molecule has 1 aliphatic carbocycles. The summed E-state index contributed by atoms with van der Waals surface area (Å²) >= 11 is 0. The molecule has 1 aliphatic rings. The molecule has 60 valence electrons. The molecule has 0 saturated heterocycles. The molecule has 0 aromatic heterocycles. The first kappa shape index (κ1) is 8.02. The molecular formula is C8H16O2. The van der Waals surface area contributed by atoms with Crippen LogP contribution in [0.3, 0.4) is 0 Å². The summed E-state index contributed by atoms with van der Waals surface area (Å²) in [5.41, 5.74) is -0.792. The Bertz CT molecular complexity index is 122. The van der Waals surface area contributed by atoms with Gasteiger partial charge in [-0.1, -0.05) is 13.8 Å². The van der Waals surface area contributed by atoms with E-state index in [2.05, 4.69) is 0 Å². The zero-order chi connectivity index (χ0) is 7.78. The molecule has 0 radical (unpaired) electrons. The van der Waals surface area contributed by atoms with Crippen molar-refractivity contribution in [3.05, 3.63) is 0 Å². The molecule has 2 nitrogen and oxygen atoms in total. The third-order valence-corrected chi connectivity index (χ3v) is 2.63. The average Bonchev–Trinajstić information content (AvgIpc) is 2.15. The standard InChI is InChI=1S/C8H16O2/c1-6(2)8(10)5-3-4-7(8)9/h6-7,9-10H,3-5H2,1-2H3/t7-,8?/m0/s1. The topological polar surface area (TPSA) is 40.5 Å². The number of rotatable bonds is 1. The number of aliphatic hydroxyl groups excluding tert-OH is 1. The van der Waals surface area contributed by atoms with Crippen molar-refractivity contribution in [3.63, 3.8) is 0 Å². The first-order valence-corrected chi connectivity index (χ1v) is 3.98. The molecule has 1 saturated carbocycles. The minimum Gasteiger partial charge on any atom is -0.390 e. The van der Waals surface area contributed by atoms with Gasteiger partial charge in [-0.3, -0.25) is 0 Å². The van der Waals surface area contributed by atoms with Crippen LogP contribution in [0.25, 0.3) is 0 Å². The molecule has 0 aliphatic heterocycles. The summed E-state index contributed by atoms with van der Waals surface area (Å²) in [5, 5.41) is 19.2. The summed E-state index contributed by atoms with van der Waals surface area (Å²) in [4.78, 5) is 0. The second-order valence-corrected chi connectivity index (χ2v) is 3.55. The van der Waals surface area contributed by atoms with Crippen LogP contribution in [0.1, 0.15) is 33.1 Å². The number of hydrogen-bond donors (Lipinski definition) is 2. The summed E-state index contributed by atoms with van der Waals surface area (Å²) in [6, 6.07) is 0. The second kappa shape index (κ2) is 2.51. The van der Waals surface area contributed by atoms with Gasteiger partial charge >= 0.3 is 0 Å². The van der Waals surface area contributed by atoms with E-state index in [0.29, 0.717) is 0 Å². The molecule has 2 N–H and O–H groups in total. The molecule has 0 spiro atoms. The van der Waals surface area contributed by atoms with E-state index in [1.165, 1.54) is 0 Å². The molecular weight excluding hydrogens is 128 g/mol. The van der Waals surface area contributed by atoms with Gasteiger partial charge in [0.1, 0.15) is 0 Å². The van der Waals surface area contributed by atoms with Crippen LogP contribution in [-0.4, -0.2) is 21.9 Å². The lowest BCUT2D eigenvalue weighted by molar-refractivity contribution is -0.0844. The summed E-state index contributed by atoms with van der Waals surface area (Å²) in [7, 11) is 0. The molecule has 1 rings (SSSR count). The summed E-state index contributed by atoms with van der Waals surface area (Å²) in [6.45, 7) is 3.91. The molecule has 1 unspecified atom stereocenters. The van der Waals surface area contributed by atoms with Crippen molar-refractivity contribution in [1.29, 1.82) is 0 Å². The van der Waals surface area contributed by atoms with E-state index < -0.39 is 11.7 Å². The Morgan fingerprint density at radius 3 is 2.30 bits per heavy atom. The minimum absolute atomic E-state index is 0.171. The first-order valence-electron chi connectivity index (χ1n) is 3.98. The zero-order valence-electron chi connectivity index (χ0n) is 6.67. The van der Waals surface area contributed by atoms with Crippen molar-refractivity contribution < 1.29 is 10.2 Å². The molecule has 0 heterocycles. The maximum Gasteiger partial charge on any atom is 0.0928 e. The lowest BCUT2D eigenvalue weighted by Gasteiger charge is -2.30. The van der Waals surface area contributed by atoms with Gasteiger partial charge in [-0.2, -0.15) is 0 Å². The highest BCUT2D eigenvalue weighted by molar-refractivity contribution is 4.94. The van der Waals surface area contributed by atoms with Crippen LogP contribution in [0.4, 0.5) is 0 Å². The zero-order valence-corrected chi connectivity index (χ0v) is 6.67. The van der Waals surface area contributed by atoms with Crippen molar-refractivity contribution in [2.75, 3.05) is 0 Å². The van der Waals surface area contributed by atoms with Gasteiger partial charge in [0.25, 0.3) is 0 Å². The van der Waals surface area contributed by atoms with Gasteiger partial charge in [-0.15, -0.1) is 0 Å². The SMILES string of the molecule is CC(C)C1(O)CCC[C@@H]1O. The van der Waals surface area contributed by atoms with Crippen LogP contribution in [-0.2, 0) is 0 Å². The van der Waals surface area contributed by atoms with E-state index in [9.17, 15) is 10.2 Å². The van der Waals surface area contributed by atoms with E-state index in [-0.39, 0.29) is 5.92 Å². The molecule has 10 heavy (non-hydrogen) atoms. The van der Waals surface area contributed by atoms with E-state index in [1.54, 1.807) is 0 Å². The predicted octanol–water partition coefficient (Wildman–Crippen LogP) is 0.918. The lowest BCUT2D eigenvalue weighted by Crippen LogP contribution is -2.42. The van der Waals surface area contributed by atoms with E-state index >= 15 is 0 Å². The Kier molecular flexibility index (Phi) is 2.02. The Morgan fingerprint density at radius 1 is 1.50 bits per heavy atom. The van der Waals surface area contributed by atoms with Gasteiger partial charge < -0.3 is 10.2 Å². The minimum atomic E-state index is -0.792. The predicted molar refractivity (Wildman–Crippen MR) is 39.6 cm³/mol. The molecule has 0 aromatic rings. The van der Waals surface area contributed by atoms with Crippen LogP contribution in [0, 0.1) is 5.92 Å². The van der Waals surface area contributed by atoms with Crippen LogP contribution in [0.2, 0.25) is 0 Å². The van der Waals surface area contributed by atoms with Crippen molar-refractivity contribution in [2.24, 2.45) is 5.92 Å². The molecule has 1 fully saturated rings. The molecule has 0 aromatic carbocycles. The second-order valence-electron chi connectivity index (χ2n) is 3.55. The Balaban J connectivity index is 2.66. The highest BCUT2D eigenvalue weighted by Gasteiger charge is 2.42. The Morgan fingerprint density at radius 2 is 2.10 bits per heavy atom. The summed E-state index contributed by atoms with van der Waals surface area (Å²) < 4.78 is 0. The van der Waals surface area contributed by atoms with Crippen LogP contribution >= 0.6 is 0 Å². The summed E-state index contributed by atoms with van der Waals surface area (Å²) in [6.07, 6.45) is 1.98. The lowest BCUT2D eigenvalue weighted by atomic mass is 9.87. The first-order chi connectivity index (χ1) is 4.57. The van der Waals surface area contributed by atoms with Gasteiger partial charge in [0.2, 0.25) is 0 Å². The Hall–Kier alpha value is -0.0800. The van der Waals surface area contributed by atoms with E-state index in [0.717, 1.165) is 19.3 Å². The van der Waals surface area contributed by atoms with Crippen LogP contribution < -0.4 is 0 Å². The van der Waals surface area contributed by atoms with Crippen molar-refractivity contribution >= 4 is 0 Å². The molecule has 0 bridgehead atoms. The number of aliphatic hydroxyl groups is 2. The quantitative estimate of drug-likeness (QED) is 0.574.